The molecule has 0 saturated heterocycles. The van der Waals surface area contributed by atoms with Crippen LogP contribution in [0.3, 0.4) is 0 Å². The Kier molecular flexibility index (Phi) is 7.12. The van der Waals surface area contributed by atoms with E-state index in [1.54, 1.807) is 17.0 Å². The molecule has 0 unspecified atom stereocenters. The van der Waals surface area contributed by atoms with E-state index in [-0.39, 0.29) is 35.1 Å². The minimum Gasteiger partial charge on any atom is -0.383 e. The Bertz CT molecular complexity index is 1230. The van der Waals surface area contributed by atoms with Crippen LogP contribution in [-0.4, -0.2) is 30.4 Å². The van der Waals surface area contributed by atoms with Crippen LogP contribution in [0.4, 0.5) is 5.69 Å². The number of nitrogens with zero attached hydrogens (tertiary/aromatic N) is 2. The molecule has 0 aromatic heterocycles. The second-order valence-corrected chi connectivity index (χ2v) is 8.98. The molecule has 0 heterocycles. The SMILES string of the molecule is CS(=O)(=O)Oc1ccc(CN(Cc2ccccc2)C(=O)c2ccc([N+](=O)[O-])cc2Cl)cc1. The predicted molar refractivity (Wildman–Crippen MR) is 120 cm³/mol. The lowest BCUT2D eigenvalue weighted by Gasteiger charge is -2.24. The molecule has 166 valence electrons. The number of halogens is 1. The number of hydrogen-bond acceptors (Lipinski definition) is 6. The highest BCUT2D eigenvalue weighted by Crippen LogP contribution is 2.25. The van der Waals surface area contributed by atoms with Gasteiger partial charge in [0.05, 0.1) is 21.8 Å². The van der Waals surface area contributed by atoms with Crippen LogP contribution in [0.25, 0.3) is 0 Å². The number of benzene rings is 3. The van der Waals surface area contributed by atoms with Gasteiger partial charge in [-0.05, 0) is 29.3 Å². The molecule has 3 rings (SSSR count). The maximum Gasteiger partial charge on any atom is 0.306 e. The van der Waals surface area contributed by atoms with Crippen molar-refractivity contribution in [1.82, 2.24) is 4.90 Å². The van der Waals surface area contributed by atoms with E-state index in [0.717, 1.165) is 23.4 Å². The number of nitro groups is 1. The summed E-state index contributed by atoms with van der Waals surface area (Å²) in [5.41, 5.74) is 1.55. The van der Waals surface area contributed by atoms with Crippen LogP contribution in [0.2, 0.25) is 5.02 Å². The van der Waals surface area contributed by atoms with Gasteiger partial charge in [0.1, 0.15) is 5.75 Å². The highest BCUT2D eigenvalue weighted by Gasteiger charge is 2.21. The Labute approximate surface area is 190 Å². The minimum absolute atomic E-state index is 0.0147. The Balaban J connectivity index is 1.88. The van der Waals surface area contributed by atoms with Crippen molar-refractivity contribution >= 4 is 33.3 Å². The van der Waals surface area contributed by atoms with E-state index in [1.165, 1.54) is 24.3 Å². The van der Waals surface area contributed by atoms with Crippen LogP contribution in [0.5, 0.6) is 5.75 Å². The van der Waals surface area contributed by atoms with Crippen LogP contribution < -0.4 is 4.18 Å². The van der Waals surface area contributed by atoms with Crippen molar-refractivity contribution in [3.63, 3.8) is 0 Å². The van der Waals surface area contributed by atoms with E-state index in [9.17, 15) is 23.3 Å². The van der Waals surface area contributed by atoms with Crippen LogP contribution >= 0.6 is 11.6 Å². The third-order valence-electron chi connectivity index (χ3n) is 4.44. The standard InChI is InChI=1S/C22H19ClN2O6S/c1-32(29,30)31-19-10-7-17(8-11-19)15-24(14-16-5-3-2-4-6-16)22(26)20-12-9-18(25(27)28)13-21(20)23/h2-13H,14-15H2,1H3. The highest BCUT2D eigenvalue weighted by molar-refractivity contribution is 7.86. The zero-order valence-electron chi connectivity index (χ0n) is 17.0. The molecular weight excluding hydrogens is 456 g/mol. The summed E-state index contributed by atoms with van der Waals surface area (Å²) in [4.78, 5) is 25.2. The molecule has 3 aromatic rings. The normalized spacial score (nSPS) is 11.1. The van der Waals surface area contributed by atoms with Crippen LogP contribution in [0.15, 0.2) is 72.8 Å². The number of carbonyl (C=O) groups is 1. The van der Waals surface area contributed by atoms with E-state index < -0.39 is 20.9 Å². The van der Waals surface area contributed by atoms with Crippen molar-refractivity contribution in [1.29, 1.82) is 0 Å². The average Bonchev–Trinajstić information content (AvgIpc) is 2.73. The second-order valence-electron chi connectivity index (χ2n) is 7.00. The zero-order chi connectivity index (χ0) is 23.3. The summed E-state index contributed by atoms with van der Waals surface area (Å²) in [6.07, 6.45) is 0.953. The smallest absolute Gasteiger partial charge is 0.306 e. The van der Waals surface area contributed by atoms with Crippen molar-refractivity contribution in [3.8, 4) is 5.75 Å². The van der Waals surface area contributed by atoms with Gasteiger partial charge >= 0.3 is 10.1 Å². The van der Waals surface area contributed by atoms with Crippen molar-refractivity contribution in [2.45, 2.75) is 13.1 Å². The van der Waals surface area contributed by atoms with Crippen LogP contribution in [-0.2, 0) is 23.2 Å². The second kappa shape index (κ2) is 9.80. The van der Waals surface area contributed by atoms with E-state index >= 15 is 0 Å². The maximum absolute atomic E-state index is 13.3. The van der Waals surface area contributed by atoms with Gasteiger partial charge in [0.2, 0.25) is 0 Å². The Hall–Kier alpha value is -3.43. The molecule has 0 aliphatic carbocycles. The first kappa shape index (κ1) is 23.2. The van der Waals surface area contributed by atoms with E-state index in [0.29, 0.717) is 0 Å². The fraction of sp³-hybridized carbons (Fsp3) is 0.136. The molecule has 1 amide bonds. The summed E-state index contributed by atoms with van der Waals surface area (Å²) in [6.45, 7) is 0.467. The summed E-state index contributed by atoms with van der Waals surface area (Å²) >= 11 is 6.18. The van der Waals surface area contributed by atoms with Crippen molar-refractivity contribution < 1.29 is 22.3 Å². The van der Waals surface area contributed by atoms with E-state index in [4.69, 9.17) is 15.8 Å². The number of rotatable bonds is 8. The Morgan fingerprint density at radius 3 is 2.12 bits per heavy atom. The molecule has 32 heavy (non-hydrogen) atoms. The minimum atomic E-state index is -3.64. The molecule has 8 nitrogen and oxygen atoms in total. The number of nitro benzene ring substituents is 1. The number of amides is 1. The summed E-state index contributed by atoms with van der Waals surface area (Å²) in [6, 6.07) is 19.4. The fourth-order valence-electron chi connectivity index (χ4n) is 3.01. The first-order valence-electron chi connectivity index (χ1n) is 9.38. The van der Waals surface area contributed by atoms with Crippen molar-refractivity contribution in [3.05, 3.63) is 105 Å². The van der Waals surface area contributed by atoms with Gasteiger partial charge in [-0.3, -0.25) is 14.9 Å². The van der Waals surface area contributed by atoms with Gasteiger partial charge in [0.15, 0.2) is 0 Å². The number of non-ortho nitro benzene ring substituents is 1. The topological polar surface area (TPSA) is 107 Å². The monoisotopic (exact) mass is 474 g/mol. The maximum atomic E-state index is 13.3. The third kappa shape index (κ3) is 6.29. The molecule has 0 fully saturated rings. The molecule has 0 radical (unpaired) electrons. The summed E-state index contributed by atoms with van der Waals surface area (Å²) in [5, 5.41) is 11.0. The molecule has 3 aromatic carbocycles. The molecule has 0 N–H and O–H groups in total. The molecule has 0 saturated carbocycles. The van der Waals surface area contributed by atoms with Gasteiger partial charge in [-0.25, -0.2) is 0 Å². The average molecular weight is 475 g/mol. The van der Waals surface area contributed by atoms with Gasteiger partial charge in [-0.1, -0.05) is 54.1 Å². The number of carbonyl (C=O) groups excluding carboxylic acids is 1. The van der Waals surface area contributed by atoms with Gasteiger partial charge < -0.3 is 9.08 Å². The van der Waals surface area contributed by atoms with Gasteiger partial charge in [-0.15, -0.1) is 0 Å². The van der Waals surface area contributed by atoms with Crippen LogP contribution in [0.1, 0.15) is 21.5 Å². The first-order valence-corrected chi connectivity index (χ1v) is 11.6. The van der Waals surface area contributed by atoms with E-state index in [2.05, 4.69) is 0 Å². The third-order valence-corrected chi connectivity index (χ3v) is 5.25. The summed E-state index contributed by atoms with van der Waals surface area (Å²) in [7, 11) is -3.64. The first-order chi connectivity index (χ1) is 15.1. The molecule has 0 bridgehead atoms. The summed E-state index contributed by atoms with van der Waals surface area (Å²) in [5.74, 6) is -0.235. The lowest BCUT2D eigenvalue weighted by molar-refractivity contribution is -0.384. The lowest BCUT2D eigenvalue weighted by atomic mass is 10.1. The van der Waals surface area contributed by atoms with Gasteiger partial charge in [0, 0.05) is 25.2 Å². The highest BCUT2D eigenvalue weighted by atomic mass is 35.5. The molecule has 10 heteroatoms. The van der Waals surface area contributed by atoms with Crippen molar-refractivity contribution in [2.75, 3.05) is 6.26 Å². The molecular formula is C22H19ClN2O6S. The summed E-state index contributed by atoms with van der Waals surface area (Å²) < 4.78 is 27.4. The zero-order valence-corrected chi connectivity index (χ0v) is 18.5. The lowest BCUT2D eigenvalue weighted by Crippen LogP contribution is -2.30. The quantitative estimate of drug-likeness (QED) is 0.271. The molecule has 0 atom stereocenters. The Morgan fingerprint density at radius 1 is 1.00 bits per heavy atom. The van der Waals surface area contributed by atoms with Gasteiger partial charge in [0.25, 0.3) is 11.6 Å². The fourth-order valence-corrected chi connectivity index (χ4v) is 3.73. The van der Waals surface area contributed by atoms with Crippen molar-refractivity contribution in [2.24, 2.45) is 0 Å². The largest absolute Gasteiger partial charge is 0.383 e. The van der Waals surface area contributed by atoms with Crippen LogP contribution in [0, 0.1) is 10.1 Å². The van der Waals surface area contributed by atoms with Gasteiger partial charge in [-0.2, -0.15) is 8.42 Å². The Morgan fingerprint density at radius 2 is 1.59 bits per heavy atom. The van der Waals surface area contributed by atoms with E-state index in [1.807, 2.05) is 30.3 Å². The predicted octanol–water partition coefficient (Wildman–Crippen LogP) is 4.43. The molecule has 0 aliphatic rings. The molecule has 0 spiro atoms. The number of hydrogen-bond donors (Lipinski definition) is 0. The molecule has 0 aliphatic heterocycles.